The lowest BCUT2D eigenvalue weighted by atomic mass is 10.2. The zero-order valence-corrected chi connectivity index (χ0v) is 11.1. The van der Waals surface area contributed by atoms with E-state index in [4.69, 9.17) is 4.74 Å². The van der Waals surface area contributed by atoms with Crippen LogP contribution in [0.4, 0.5) is 5.13 Å². The molecule has 0 spiro atoms. The van der Waals surface area contributed by atoms with E-state index in [1.54, 1.807) is 11.3 Å². The van der Waals surface area contributed by atoms with Crippen molar-refractivity contribution in [1.82, 2.24) is 4.98 Å². The first-order chi connectivity index (χ1) is 8.78. The summed E-state index contributed by atoms with van der Waals surface area (Å²) >= 11 is 1.70. The number of anilines is 1. The fourth-order valence-corrected chi connectivity index (χ4v) is 3.25. The van der Waals surface area contributed by atoms with Gasteiger partial charge >= 0.3 is 0 Å². The number of para-hydroxylation sites is 1. The fraction of sp³-hybridized carbons (Fsp3) is 0.462. The van der Waals surface area contributed by atoms with Crippen molar-refractivity contribution in [1.29, 1.82) is 0 Å². The maximum absolute atomic E-state index is 9.21. The lowest BCUT2D eigenvalue weighted by Gasteiger charge is -2.37. The largest absolute Gasteiger partial charge is 0.394 e. The summed E-state index contributed by atoms with van der Waals surface area (Å²) in [6, 6.07) is 8.46. The van der Waals surface area contributed by atoms with Crippen molar-refractivity contribution in [2.24, 2.45) is 0 Å². The van der Waals surface area contributed by atoms with E-state index in [1.165, 1.54) is 4.70 Å². The average Bonchev–Trinajstić information content (AvgIpc) is 2.82. The van der Waals surface area contributed by atoms with Crippen molar-refractivity contribution in [2.75, 3.05) is 24.7 Å². The summed E-state index contributed by atoms with van der Waals surface area (Å²) in [6.07, 6.45) is -0.104. The molecular weight excluding hydrogens is 248 g/mol. The van der Waals surface area contributed by atoms with E-state index in [9.17, 15) is 5.11 Å². The molecule has 0 bridgehead atoms. The van der Waals surface area contributed by atoms with Gasteiger partial charge in [-0.1, -0.05) is 23.5 Å². The predicted octanol–water partition coefficient (Wildman–Crippen LogP) is 1.88. The van der Waals surface area contributed by atoms with Crippen LogP contribution >= 0.6 is 11.3 Å². The Labute approximate surface area is 110 Å². The van der Waals surface area contributed by atoms with Crippen molar-refractivity contribution in [3.63, 3.8) is 0 Å². The molecule has 1 aromatic carbocycles. The van der Waals surface area contributed by atoms with E-state index in [1.807, 2.05) is 18.2 Å². The summed E-state index contributed by atoms with van der Waals surface area (Å²) < 4.78 is 6.75. The molecule has 1 N–H and O–H groups in total. The van der Waals surface area contributed by atoms with Gasteiger partial charge in [0.05, 0.1) is 35.6 Å². The Hall–Kier alpha value is -1.17. The van der Waals surface area contributed by atoms with Crippen LogP contribution in [-0.4, -0.2) is 42.0 Å². The molecule has 96 valence electrons. The van der Waals surface area contributed by atoms with E-state index < -0.39 is 0 Å². The highest BCUT2D eigenvalue weighted by Crippen LogP contribution is 2.31. The number of benzene rings is 1. The van der Waals surface area contributed by atoms with Gasteiger partial charge in [0.1, 0.15) is 0 Å². The number of hydrogen-bond acceptors (Lipinski definition) is 5. The number of aliphatic hydroxyl groups is 1. The molecule has 1 fully saturated rings. The Balaban J connectivity index is 1.92. The molecule has 0 amide bonds. The van der Waals surface area contributed by atoms with E-state index in [-0.39, 0.29) is 12.7 Å². The Bertz CT molecular complexity index is 510. The number of thiazole rings is 1. The van der Waals surface area contributed by atoms with Crippen LogP contribution in [0, 0.1) is 0 Å². The highest BCUT2D eigenvalue weighted by atomic mass is 32.1. The summed E-state index contributed by atoms with van der Waals surface area (Å²) in [5, 5.41) is 10.2. The third-order valence-electron chi connectivity index (χ3n) is 3.24. The van der Waals surface area contributed by atoms with E-state index >= 15 is 0 Å². The van der Waals surface area contributed by atoms with E-state index in [0.717, 1.165) is 10.6 Å². The van der Waals surface area contributed by atoms with Gasteiger partial charge in [-0.15, -0.1) is 0 Å². The molecule has 4 nitrogen and oxygen atoms in total. The molecule has 2 aromatic rings. The minimum absolute atomic E-state index is 0.0636. The molecule has 0 radical (unpaired) electrons. The van der Waals surface area contributed by atoms with Gasteiger partial charge in [-0.2, -0.15) is 0 Å². The smallest absolute Gasteiger partial charge is 0.186 e. The Morgan fingerprint density at radius 2 is 2.33 bits per heavy atom. The molecular formula is C13H16N2O2S. The van der Waals surface area contributed by atoms with E-state index in [2.05, 4.69) is 22.9 Å². The van der Waals surface area contributed by atoms with Crippen LogP contribution in [-0.2, 0) is 4.74 Å². The minimum atomic E-state index is -0.104. The van der Waals surface area contributed by atoms with Gasteiger partial charge in [0.2, 0.25) is 0 Å². The number of nitrogens with zero attached hydrogens (tertiary/aromatic N) is 2. The third kappa shape index (κ3) is 2.09. The number of rotatable bonds is 2. The van der Waals surface area contributed by atoms with Crippen LogP contribution in [0.15, 0.2) is 24.3 Å². The summed E-state index contributed by atoms with van der Waals surface area (Å²) in [7, 11) is 0. The topological polar surface area (TPSA) is 45.6 Å². The number of aliphatic hydroxyl groups excluding tert-OH is 1. The van der Waals surface area contributed by atoms with Crippen LogP contribution < -0.4 is 4.90 Å². The molecule has 2 atom stereocenters. The second-order valence-electron chi connectivity index (χ2n) is 4.60. The first-order valence-corrected chi connectivity index (χ1v) is 6.94. The predicted molar refractivity (Wildman–Crippen MR) is 73.3 cm³/mol. The van der Waals surface area contributed by atoms with Crippen LogP contribution in [0.5, 0.6) is 0 Å². The monoisotopic (exact) mass is 264 g/mol. The van der Waals surface area contributed by atoms with Crippen molar-refractivity contribution in [3.05, 3.63) is 24.3 Å². The van der Waals surface area contributed by atoms with Crippen LogP contribution in [0.3, 0.4) is 0 Å². The van der Waals surface area contributed by atoms with Crippen LogP contribution in [0.1, 0.15) is 6.92 Å². The molecule has 18 heavy (non-hydrogen) atoms. The van der Waals surface area contributed by atoms with Crippen LogP contribution in [0.2, 0.25) is 0 Å². The third-order valence-corrected chi connectivity index (χ3v) is 4.31. The SMILES string of the molecule is CC1COC(CO)CN1c1nc2ccccc2s1. The molecule has 0 saturated carbocycles. The Morgan fingerprint density at radius 3 is 3.11 bits per heavy atom. The first kappa shape index (κ1) is 11.9. The van der Waals surface area contributed by atoms with Crippen molar-refractivity contribution in [3.8, 4) is 0 Å². The summed E-state index contributed by atoms with van der Waals surface area (Å²) in [4.78, 5) is 6.89. The molecule has 1 aliphatic rings. The van der Waals surface area contributed by atoms with Crippen molar-refractivity contribution < 1.29 is 9.84 Å². The number of fused-ring (bicyclic) bond motifs is 1. The second kappa shape index (κ2) is 4.84. The summed E-state index contributed by atoms with van der Waals surface area (Å²) in [5.41, 5.74) is 1.04. The number of ether oxygens (including phenoxy) is 1. The standard InChI is InChI=1S/C13H16N2O2S/c1-9-8-17-10(7-16)6-15(9)13-14-11-4-2-3-5-12(11)18-13/h2-5,9-10,16H,6-8H2,1H3. The van der Waals surface area contributed by atoms with Crippen molar-refractivity contribution >= 4 is 26.7 Å². The molecule has 3 rings (SSSR count). The molecule has 2 heterocycles. The quantitative estimate of drug-likeness (QED) is 0.899. The second-order valence-corrected chi connectivity index (χ2v) is 5.61. The Kier molecular flexibility index (Phi) is 3.20. The van der Waals surface area contributed by atoms with Gasteiger partial charge in [-0.25, -0.2) is 4.98 Å². The number of morpholine rings is 1. The van der Waals surface area contributed by atoms with Crippen LogP contribution in [0.25, 0.3) is 10.2 Å². The number of hydrogen-bond donors (Lipinski definition) is 1. The average molecular weight is 264 g/mol. The van der Waals surface area contributed by atoms with E-state index in [0.29, 0.717) is 19.2 Å². The lowest BCUT2D eigenvalue weighted by Crippen LogP contribution is -2.49. The maximum Gasteiger partial charge on any atom is 0.186 e. The fourth-order valence-electron chi connectivity index (χ4n) is 2.18. The zero-order chi connectivity index (χ0) is 12.5. The molecule has 5 heteroatoms. The first-order valence-electron chi connectivity index (χ1n) is 6.12. The summed E-state index contributed by atoms with van der Waals surface area (Å²) in [5.74, 6) is 0. The molecule has 1 saturated heterocycles. The highest BCUT2D eigenvalue weighted by Gasteiger charge is 2.27. The maximum atomic E-state index is 9.21. The van der Waals surface area contributed by atoms with Gasteiger partial charge in [0.15, 0.2) is 5.13 Å². The Morgan fingerprint density at radius 1 is 1.50 bits per heavy atom. The van der Waals surface area contributed by atoms with Crippen molar-refractivity contribution in [2.45, 2.75) is 19.1 Å². The van der Waals surface area contributed by atoms with Gasteiger partial charge in [-0.3, -0.25) is 0 Å². The molecule has 0 aliphatic carbocycles. The zero-order valence-electron chi connectivity index (χ0n) is 10.2. The minimum Gasteiger partial charge on any atom is -0.394 e. The molecule has 2 unspecified atom stereocenters. The highest BCUT2D eigenvalue weighted by molar-refractivity contribution is 7.22. The number of aromatic nitrogens is 1. The lowest BCUT2D eigenvalue weighted by molar-refractivity contribution is -0.0103. The van der Waals surface area contributed by atoms with Gasteiger partial charge in [0, 0.05) is 6.54 Å². The van der Waals surface area contributed by atoms with Gasteiger partial charge < -0.3 is 14.7 Å². The van der Waals surface area contributed by atoms with Gasteiger partial charge in [-0.05, 0) is 19.1 Å². The van der Waals surface area contributed by atoms with Gasteiger partial charge in [0.25, 0.3) is 0 Å². The normalized spacial score (nSPS) is 24.7. The summed E-state index contributed by atoms with van der Waals surface area (Å²) in [6.45, 7) is 3.53. The molecule has 1 aromatic heterocycles. The molecule has 1 aliphatic heterocycles.